The van der Waals surface area contributed by atoms with Gasteiger partial charge in [0.05, 0.1) is 17.4 Å². The molecule has 0 unspecified atom stereocenters. The summed E-state index contributed by atoms with van der Waals surface area (Å²) in [4.78, 5) is 25.1. The van der Waals surface area contributed by atoms with Crippen LogP contribution in [-0.2, 0) is 4.79 Å². The normalized spacial score (nSPS) is 13.6. The first kappa shape index (κ1) is 23.9. The van der Waals surface area contributed by atoms with Crippen molar-refractivity contribution in [2.75, 3.05) is 17.2 Å². The van der Waals surface area contributed by atoms with Gasteiger partial charge in [0.25, 0.3) is 0 Å². The van der Waals surface area contributed by atoms with Crippen molar-refractivity contribution in [2.24, 2.45) is 4.99 Å². The molecule has 0 aliphatic heterocycles. The molecule has 0 saturated heterocycles. The van der Waals surface area contributed by atoms with E-state index in [9.17, 15) is 4.79 Å². The van der Waals surface area contributed by atoms with Gasteiger partial charge < -0.3 is 10.6 Å². The monoisotopic (exact) mass is 478 g/mol. The van der Waals surface area contributed by atoms with Crippen molar-refractivity contribution in [3.63, 3.8) is 0 Å². The zero-order chi connectivity index (χ0) is 23.6. The van der Waals surface area contributed by atoms with Crippen LogP contribution in [0, 0.1) is 0 Å². The third-order valence-corrected chi connectivity index (χ3v) is 6.18. The highest BCUT2D eigenvalue weighted by Gasteiger charge is 2.21. The van der Waals surface area contributed by atoms with Crippen molar-refractivity contribution in [3.05, 3.63) is 30.5 Å². The van der Waals surface area contributed by atoms with Gasteiger partial charge in [0.2, 0.25) is 11.9 Å². The van der Waals surface area contributed by atoms with Crippen LogP contribution in [0.15, 0.2) is 35.5 Å². The van der Waals surface area contributed by atoms with Crippen molar-refractivity contribution >= 4 is 51.8 Å². The van der Waals surface area contributed by atoms with Crippen LogP contribution in [0.4, 0.5) is 17.3 Å². The minimum absolute atomic E-state index is 0.0347. The summed E-state index contributed by atoms with van der Waals surface area (Å²) < 4.78 is 1.93. The maximum Gasteiger partial charge on any atom is 0.229 e. The second-order valence-electron chi connectivity index (χ2n) is 8.62. The van der Waals surface area contributed by atoms with Crippen molar-refractivity contribution in [3.8, 4) is 0 Å². The summed E-state index contributed by atoms with van der Waals surface area (Å²) in [5.41, 5.74) is 3.08. The van der Waals surface area contributed by atoms with Crippen LogP contribution in [-0.4, -0.2) is 42.6 Å². The van der Waals surface area contributed by atoms with Crippen molar-refractivity contribution < 1.29 is 4.79 Å². The number of nitrogens with one attached hydrogen (secondary N) is 2. The number of aromatic nitrogens is 5. The SMILES string of the molecule is O=C(CCCCCCCN=C=S)Nc1ccc(Nc2ncc3nnn(C4CCCC4)c3n2)cc1. The Morgan fingerprint density at radius 3 is 2.62 bits per heavy atom. The number of nitrogens with zero attached hydrogens (tertiary/aromatic N) is 6. The molecule has 1 saturated carbocycles. The van der Waals surface area contributed by atoms with Gasteiger partial charge in [-0.3, -0.25) is 4.79 Å². The lowest BCUT2D eigenvalue weighted by molar-refractivity contribution is -0.116. The summed E-state index contributed by atoms with van der Waals surface area (Å²) in [6, 6.07) is 7.92. The lowest BCUT2D eigenvalue weighted by Crippen LogP contribution is -2.11. The summed E-state index contributed by atoms with van der Waals surface area (Å²) in [6.45, 7) is 0.748. The number of thiocarbonyl (C=S) groups is 1. The molecule has 0 atom stereocenters. The molecule has 2 N–H and O–H groups in total. The zero-order valence-electron chi connectivity index (χ0n) is 19.2. The van der Waals surface area contributed by atoms with Gasteiger partial charge >= 0.3 is 0 Å². The molecule has 0 spiro atoms. The molecule has 3 aromatic rings. The van der Waals surface area contributed by atoms with Gasteiger partial charge in [0, 0.05) is 24.3 Å². The van der Waals surface area contributed by atoms with Crippen molar-refractivity contribution in [2.45, 2.75) is 70.3 Å². The Labute approximate surface area is 204 Å². The molecule has 9 nitrogen and oxygen atoms in total. The van der Waals surface area contributed by atoms with Crippen molar-refractivity contribution in [1.29, 1.82) is 0 Å². The van der Waals surface area contributed by atoms with Gasteiger partial charge in [-0.1, -0.05) is 37.3 Å². The first-order valence-electron chi connectivity index (χ1n) is 12.0. The summed E-state index contributed by atoms with van der Waals surface area (Å²) >= 11 is 4.55. The maximum atomic E-state index is 12.2. The predicted octanol–water partition coefficient (Wildman–Crippen LogP) is 5.46. The van der Waals surface area contributed by atoms with Gasteiger partial charge in [-0.15, -0.1) is 5.10 Å². The van der Waals surface area contributed by atoms with E-state index in [0.717, 1.165) is 68.5 Å². The van der Waals surface area contributed by atoms with Gasteiger partial charge in [0.15, 0.2) is 11.2 Å². The largest absolute Gasteiger partial charge is 0.326 e. The molecule has 1 aromatic carbocycles. The second-order valence-corrected chi connectivity index (χ2v) is 8.80. The Hall–Kier alpha value is -3.23. The Morgan fingerprint density at radius 1 is 1.09 bits per heavy atom. The minimum Gasteiger partial charge on any atom is -0.326 e. The van der Waals surface area contributed by atoms with Gasteiger partial charge in [-0.25, -0.2) is 14.7 Å². The molecule has 1 aliphatic rings. The van der Waals surface area contributed by atoms with Gasteiger partial charge in [-0.2, -0.15) is 4.98 Å². The van der Waals surface area contributed by atoms with Crippen LogP contribution in [0.25, 0.3) is 11.2 Å². The van der Waals surface area contributed by atoms with E-state index in [1.54, 1.807) is 6.20 Å². The van der Waals surface area contributed by atoms with Crippen LogP contribution >= 0.6 is 12.2 Å². The topological polar surface area (TPSA) is 110 Å². The fraction of sp³-hybridized carbons (Fsp3) is 0.500. The molecule has 0 radical (unpaired) electrons. The summed E-state index contributed by atoms with van der Waals surface area (Å²) in [6.07, 6.45) is 12.0. The number of hydrogen-bond acceptors (Lipinski definition) is 8. The molecule has 0 bridgehead atoms. The third-order valence-electron chi connectivity index (χ3n) is 6.05. The fourth-order valence-corrected chi connectivity index (χ4v) is 4.33. The van der Waals surface area contributed by atoms with E-state index >= 15 is 0 Å². The number of rotatable bonds is 12. The molecule has 1 amide bonds. The molecule has 1 fully saturated rings. The zero-order valence-corrected chi connectivity index (χ0v) is 20.1. The Morgan fingerprint density at radius 2 is 1.82 bits per heavy atom. The number of carbonyl (C=O) groups excluding carboxylic acids is 1. The van der Waals surface area contributed by atoms with E-state index in [2.05, 4.69) is 53.3 Å². The number of hydrogen-bond donors (Lipinski definition) is 2. The third kappa shape index (κ3) is 6.65. The number of aliphatic imine (C=N–C) groups is 1. The van der Waals surface area contributed by atoms with E-state index in [4.69, 9.17) is 0 Å². The highest BCUT2D eigenvalue weighted by Crippen LogP contribution is 2.30. The van der Waals surface area contributed by atoms with Gasteiger partial charge in [0.1, 0.15) is 0 Å². The quantitative estimate of drug-likeness (QED) is 0.202. The molecule has 2 heterocycles. The van der Waals surface area contributed by atoms with E-state index < -0.39 is 0 Å². The minimum atomic E-state index is 0.0347. The summed E-state index contributed by atoms with van der Waals surface area (Å²) in [5.74, 6) is 0.535. The molecule has 1 aliphatic carbocycles. The van der Waals surface area contributed by atoms with Crippen LogP contribution in [0.3, 0.4) is 0 Å². The average molecular weight is 479 g/mol. The number of carbonyl (C=O) groups is 1. The fourth-order valence-electron chi connectivity index (χ4n) is 4.24. The van der Waals surface area contributed by atoms with Crippen LogP contribution in [0.1, 0.15) is 70.3 Å². The Bertz CT molecular complexity index is 1130. The molecule has 178 valence electrons. The number of anilines is 3. The highest BCUT2D eigenvalue weighted by atomic mass is 32.1. The smallest absolute Gasteiger partial charge is 0.229 e. The first-order valence-corrected chi connectivity index (χ1v) is 12.4. The Kier molecular flexibility index (Phi) is 8.65. The number of amides is 1. The number of fused-ring (bicyclic) bond motifs is 1. The Balaban J connectivity index is 1.24. The molecule has 2 aromatic heterocycles. The number of unbranched alkanes of at least 4 members (excludes halogenated alkanes) is 4. The predicted molar refractivity (Wildman–Crippen MR) is 137 cm³/mol. The highest BCUT2D eigenvalue weighted by molar-refractivity contribution is 7.78. The lowest BCUT2D eigenvalue weighted by Gasteiger charge is -2.10. The summed E-state index contributed by atoms with van der Waals surface area (Å²) in [5, 5.41) is 17.1. The lowest BCUT2D eigenvalue weighted by atomic mass is 10.1. The van der Waals surface area contributed by atoms with Crippen LogP contribution in [0.5, 0.6) is 0 Å². The van der Waals surface area contributed by atoms with E-state index in [0.29, 0.717) is 23.9 Å². The molecular formula is C24H30N8OS. The first-order chi connectivity index (χ1) is 16.7. The summed E-state index contributed by atoms with van der Waals surface area (Å²) in [7, 11) is 0. The van der Waals surface area contributed by atoms with Crippen LogP contribution < -0.4 is 10.6 Å². The average Bonchev–Trinajstić information content (AvgIpc) is 3.52. The standard InChI is InChI=1S/C24H30N8OS/c33-22(10-4-2-1-3-7-15-25-17-34)27-18-11-13-19(14-12-18)28-24-26-16-21-23(29-24)32(31-30-21)20-8-5-6-9-20/h11-14,16,20H,1-10,15H2,(H,27,33)(H,26,28,29). The molecular weight excluding hydrogens is 448 g/mol. The molecule has 4 rings (SSSR count). The maximum absolute atomic E-state index is 12.2. The van der Waals surface area contributed by atoms with E-state index in [-0.39, 0.29) is 5.91 Å². The van der Waals surface area contributed by atoms with Crippen molar-refractivity contribution in [1.82, 2.24) is 25.0 Å². The molecule has 10 heteroatoms. The van der Waals surface area contributed by atoms with E-state index in [1.807, 2.05) is 28.9 Å². The number of isothiocyanates is 1. The number of benzene rings is 1. The van der Waals surface area contributed by atoms with Crippen LogP contribution in [0.2, 0.25) is 0 Å². The molecule has 34 heavy (non-hydrogen) atoms. The van der Waals surface area contributed by atoms with E-state index in [1.165, 1.54) is 12.8 Å². The second kappa shape index (κ2) is 12.3. The van der Waals surface area contributed by atoms with Gasteiger partial charge in [-0.05, 0) is 62.2 Å².